The van der Waals surface area contributed by atoms with Crippen molar-refractivity contribution in [2.45, 2.75) is 40.7 Å². The van der Waals surface area contributed by atoms with Gasteiger partial charge < -0.3 is 10.1 Å². The van der Waals surface area contributed by atoms with Gasteiger partial charge in [-0.1, -0.05) is 27.7 Å². The Morgan fingerprint density at radius 2 is 1.91 bits per heavy atom. The summed E-state index contributed by atoms with van der Waals surface area (Å²) in [4.78, 5) is 14.9. The molecule has 1 aromatic carbocycles. The van der Waals surface area contributed by atoms with Crippen LogP contribution in [-0.2, 0) is 0 Å². The molecular weight excluding hydrogens is 288 g/mol. The van der Waals surface area contributed by atoms with E-state index in [-0.39, 0.29) is 11.9 Å². The summed E-state index contributed by atoms with van der Waals surface area (Å²) in [5.74, 6) is 2.12. The largest absolute Gasteiger partial charge is 0.487 e. The van der Waals surface area contributed by atoms with E-state index in [1.165, 1.54) is 0 Å². The van der Waals surface area contributed by atoms with Gasteiger partial charge in [-0.3, -0.25) is 9.69 Å². The number of hydrogen-bond donors (Lipinski definition) is 1. The Kier molecular flexibility index (Phi) is 6.05. The molecule has 1 aliphatic heterocycles. The number of benzene rings is 1. The van der Waals surface area contributed by atoms with Gasteiger partial charge in [-0.25, -0.2) is 0 Å². The van der Waals surface area contributed by atoms with Gasteiger partial charge in [-0.2, -0.15) is 0 Å². The third-order valence-electron chi connectivity index (χ3n) is 3.82. The van der Waals surface area contributed by atoms with Crippen LogP contribution in [0.5, 0.6) is 5.75 Å². The Morgan fingerprint density at radius 1 is 1.26 bits per heavy atom. The van der Waals surface area contributed by atoms with Crippen molar-refractivity contribution in [3.05, 3.63) is 23.8 Å². The van der Waals surface area contributed by atoms with Crippen LogP contribution in [-0.4, -0.2) is 43.0 Å². The fourth-order valence-corrected chi connectivity index (χ4v) is 2.99. The SMILES string of the molecule is CC(C)CN(CC(=O)c1ccc2c(c1)NCC(C)O2)CC(C)C. The highest BCUT2D eigenvalue weighted by atomic mass is 16.5. The molecule has 0 saturated carbocycles. The minimum atomic E-state index is 0.164. The van der Waals surface area contributed by atoms with Crippen LogP contribution in [0, 0.1) is 11.8 Å². The van der Waals surface area contributed by atoms with E-state index >= 15 is 0 Å². The summed E-state index contributed by atoms with van der Waals surface area (Å²) in [5.41, 5.74) is 1.68. The van der Waals surface area contributed by atoms with Gasteiger partial charge in [0.2, 0.25) is 0 Å². The highest BCUT2D eigenvalue weighted by Crippen LogP contribution is 2.30. The second kappa shape index (κ2) is 7.82. The second-order valence-corrected chi connectivity index (χ2v) is 7.43. The number of ketones is 1. The van der Waals surface area contributed by atoms with Crippen LogP contribution < -0.4 is 10.1 Å². The van der Waals surface area contributed by atoms with Crippen LogP contribution in [0.2, 0.25) is 0 Å². The van der Waals surface area contributed by atoms with Crippen LogP contribution in [0.3, 0.4) is 0 Å². The highest BCUT2D eigenvalue weighted by Gasteiger charge is 2.19. The van der Waals surface area contributed by atoms with E-state index in [0.29, 0.717) is 18.4 Å². The van der Waals surface area contributed by atoms with Gasteiger partial charge in [-0.05, 0) is 37.0 Å². The number of ether oxygens (including phenoxy) is 1. The zero-order valence-corrected chi connectivity index (χ0v) is 15.1. The molecule has 0 aromatic heterocycles. The van der Waals surface area contributed by atoms with Gasteiger partial charge in [0.15, 0.2) is 5.78 Å². The first kappa shape index (κ1) is 17.8. The van der Waals surface area contributed by atoms with E-state index in [2.05, 4.69) is 37.9 Å². The number of carbonyl (C=O) groups excluding carboxylic acids is 1. The average molecular weight is 318 g/mol. The van der Waals surface area contributed by atoms with Gasteiger partial charge in [-0.15, -0.1) is 0 Å². The zero-order chi connectivity index (χ0) is 17.0. The Balaban J connectivity index is 2.06. The van der Waals surface area contributed by atoms with E-state index in [1.54, 1.807) is 0 Å². The molecule has 4 nitrogen and oxygen atoms in total. The third-order valence-corrected chi connectivity index (χ3v) is 3.82. The first-order valence-electron chi connectivity index (χ1n) is 8.65. The lowest BCUT2D eigenvalue weighted by molar-refractivity contribution is 0.0912. The Morgan fingerprint density at radius 3 is 2.52 bits per heavy atom. The number of rotatable bonds is 7. The molecule has 0 aliphatic carbocycles. The minimum absolute atomic E-state index is 0.164. The fraction of sp³-hybridized carbons (Fsp3) is 0.632. The number of anilines is 1. The van der Waals surface area contributed by atoms with Crippen LogP contribution >= 0.6 is 0 Å². The van der Waals surface area contributed by atoms with Gasteiger partial charge >= 0.3 is 0 Å². The van der Waals surface area contributed by atoms with Crippen molar-refractivity contribution >= 4 is 11.5 Å². The molecule has 0 amide bonds. The first-order chi connectivity index (χ1) is 10.8. The molecule has 1 aromatic rings. The van der Waals surface area contributed by atoms with Crippen LogP contribution in [0.4, 0.5) is 5.69 Å². The Labute approximate surface area is 140 Å². The maximum atomic E-state index is 12.7. The smallest absolute Gasteiger partial charge is 0.176 e. The summed E-state index contributed by atoms with van der Waals surface area (Å²) in [6.07, 6.45) is 0.164. The van der Waals surface area contributed by atoms with E-state index in [9.17, 15) is 4.79 Å². The van der Waals surface area contributed by atoms with Crippen molar-refractivity contribution in [3.63, 3.8) is 0 Å². The summed E-state index contributed by atoms with van der Waals surface area (Å²) >= 11 is 0. The number of carbonyl (C=O) groups is 1. The summed E-state index contributed by atoms with van der Waals surface area (Å²) < 4.78 is 5.77. The maximum absolute atomic E-state index is 12.7. The molecule has 0 radical (unpaired) electrons. The minimum Gasteiger partial charge on any atom is -0.487 e. The molecule has 1 unspecified atom stereocenters. The van der Waals surface area contributed by atoms with E-state index in [0.717, 1.165) is 36.6 Å². The van der Waals surface area contributed by atoms with Crippen molar-refractivity contribution in [2.24, 2.45) is 11.8 Å². The molecule has 23 heavy (non-hydrogen) atoms. The van der Waals surface area contributed by atoms with Crippen molar-refractivity contribution < 1.29 is 9.53 Å². The van der Waals surface area contributed by atoms with Gasteiger partial charge in [0.25, 0.3) is 0 Å². The highest BCUT2D eigenvalue weighted by molar-refractivity contribution is 5.98. The van der Waals surface area contributed by atoms with E-state index < -0.39 is 0 Å². The molecule has 1 N–H and O–H groups in total. The normalized spacial score (nSPS) is 17.1. The summed E-state index contributed by atoms with van der Waals surface area (Å²) in [6, 6.07) is 5.71. The third kappa shape index (κ3) is 5.24. The number of hydrogen-bond acceptors (Lipinski definition) is 4. The molecule has 128 valence electrons. The molecule has 1 heterocycles. The molecule has 0 fully saturated rings. The lowest BCUT2D eigenvalue weighted by atomic mass is 10.1. The molecule has 0 spiro atoms. The predicted octanol–water partition coefficient (Wildman–Crippen LogP) is 3.68. The van der Waals surface area contributed by atoms with Crippen LogP contribution in [0.1, 0.15) is 45.0 Å². The molecule has 1 atom stereocenters. The second-order valence-electron chi connectivity index (χ2n) is 7.43. The molecule has 4 heteroatoms. The zero-order valence-electron chi connectivity index (χ0n) is 15.1. The van der Waals surface area contributed by atoms with E-state index in [1.807, 2.05) is 25.1 Å². The molecule has 2 rings (SSSR count). The van der Waals surface area contributed by atoms with Crippen LogP contribution in [0.15, 0.2) is 18.2 Å². The predicted molar refractivity (Wildman–Crippen MR) is 95.5 cm³/mol. The summed E-state index contributed by atoms with van der Waals surface area (Å²) in [5, 5.41) is 3.33. The molecule has 0 bridgehead atoms. The summed E-state index contributed by atoms with van der Waals surface area (Å²) in [7, 11) is 0. The lowest BCUT2D eigenvalue weighted by Gasteiger charge is -2.26. The standard InChI is InChI=1S/C19H30N2O2/c1-13(2)10-21(11-14(3)4)12-18(22)16-6-7-19-17(8-16)20-9-15(5)23-19/h6-8,13-15,20H,9-12H2,1-5H3. The molecule has 1 aliphatic rings. The number of Topliss-reactive ketones (excluding diaryl/α,β-unsaturated/α-hetero) is 1. The van der Waals surface area contributed by atoms with Crippen LogP contribution in [0.25, 0.3) is 0 Å². The molecule has 0 saturated heterocycles. The quantitative estimate of drug-likeness (QED) is 0.779. The monoisotopic (exact) mass is 318 g/mol. The Hall–Kier alpha value is -1.55. The fourth-order valence-electron chi connectivity index (χ4n) is 2.99. The topological polar surface area (TPSA) is 41.6 Å². The van der Waals surface area contributed by atoms with Crippen molar-refractivity contribution in [2.75, 3.05) is 31.5 Å². The van der Waals surface area contributed by atoms with E-state index in [4.69, 9.17) is 4.74 Å². The van der Waals surface area contributed by atoms with Gasteiger partial charge in [0.1, 0.15) is 11.9 Å². The average Bonchev–Trinajstić information content (AvgIpc) is 2.45. The van der Waals surface area contributed by atoms with Crippen molar-refractivity contribution in [3.8, 4) is 5.75 Å². The van der Waals surface area contributed by atoms with Crippen molar-refractivity contribution in [1.29, 1.82) is 0 Å². The number of nitrogens with zero attached hydrogens (tertiary/aromatic N) is 1. The Bertz CT molecular complexity index is 530. The molecular formula is C19H30N2O2. The maximum Gasteiger partial charge on any atom is 0.176 e. The first-order valence-corrected chi connectivity index (χ1v) is 8.65. The van der Waals surface area contributed by atoms with Gasteiger partial charge in [0.05, 0.1) is 18.8 Å². The van der Waals surface area contributed by atoms with Crippen molar-refractivity contribution in [1.82, 2.24) is 4.90 Å². The van der Waals surface area contributed by atoms with Gasteiger partial charge in [0, 0.05) is 18.7 Å². The summed E-state index contributed by atoms with van der Waals surface area (Å²) in [6.45, 7) is 14.0. The number of nitrogens with one attached hydrogen (secondary N) is 1. The lowest BCUT2D eigenvalue weighted by Crippen LogP contribution is -2.36. The number of fused-ring (bicyclic) bond motifs is 1.